The van der Waals surface area contributed by atoms with Gasteiger partial charge in [-0.1, -0.05) is 50.6 Å². The first kappa shape index (κ1) is 16.2. The Bertz CT molecular complexity index is 797. The molecule has 0 N–H and O–H groups in total. The van der Waals surface area contributed by atoms with E-state index in [-0.39, 0.29) is 12.0 Å². The molecular weight excluding hydrogens is 300 g/mol. The summed E-state index contributed by atoms with van der Waals surface area (Å²) in [6, 6.07) is 16.1. The monoisotopic (exact) mass is 322 g/mol. The molecule has 0 spiro atoms. The maximum atomic E-state index is 5.69. The van der Waals surface area contributed by atoms with Crippen LogP contribution in [0.15, 0.2) is 52.9 Å². The number of nitrogens with zero attached hydrogens (tertiary/aromatic N) is 2. The highest BCUT2D eigenvalue weighted by atomic mass is 16.5. The van der Waals surface area contributed by atoms with Crippen molar-refractivity contribution in [1.29, 1.82) is 0 Å². The van der Waals surface area contributed by atoms with E-state index >= 15 is 0 Å². The molecule has 0 bridgehead atoms. The molecule has 2 aromatic carbocycles. The van der Waals surface area contributed by atoms with Crippen molar-refractivity contribution in [3.63, 3.8) is 0 Å². The first-order valence-corrected chi connectivity index (χ1v) is 8.04. The second kappa shape index (κ2) is 6.48. The molecule has 4 heteroatoms. The normalized spacial score (nSPS) is 11.5. The molecule has 0 saturated heterocycles. The Morgan fingerprint density at radius 1 is 0.917 bits per heavy atom. The van der Waals surface area contributed by atoms with E-state index in [0.717, 1.165) is 11.3 Å². The van der Waals surface area contributed by atoms with Crippen LogP contribution in [0.25, 0.3) is 11.5 Å². The van der Waals surface area contributed by atoms with Gasteiger partial charge < -0.3 is 9.15 Å². The Hall–Kier alpha value is -2.62. The fourth-order valence-corrected chi connectivity index (χ4v) is 2.32. The van der Waals surface area contributed by atoms with Gasteiger partial charge in [0.05, 0.1) is 0 Å². The first-order chi connectivity index (χ1) is 11.4. The summed E-state index contributed by atoms with van der Waals surface area (Å²) in [4.78, 5) is 0. The Balaban J connectivity index is 1.68. The van der Waals surface area contributed by atoms with Crippen molar-refractivity contribution in [3.05, 3.63) is 65.5 Å². The molecular formula is C20H22N2O2. The molecule has 24 heavy (non-hydrogen) atoms. The van der Waals surface area contributed by atoms with Crippen molar-refractivity contribution in [2.45, 2.75) is 39.7 Å². The summed E-state index contributed by atoms with van der Waals surface area (Å²) in [5.74, 6) is 1.76. The zero-order chi connectivity index (χ0) is 17.2. The molecule has 0 fully saturated rings. The van der Waals surface area contributed by atoms with Gasteiger partial charge in [0.2, 0.25) is 5.89 Å². The molecule has 0 radical (unpaired) electrons. The largest absolute Gasteiger partial charge is 0.484 e. The SMILES string of the molecule is Cc1ccc(OCc2nnc(-c3ccc(C(C)(C)C)cc3)o2)cc1. The van der Waals surface area contributed by atoms with E-state index in [1.807, 2.05) is 43.3 Å². The summed E-state index contributed by atoms with van der Waals surface area (Å²) < 4.78 is 11.4. The van der Waals surface area contributed by atoms with Crippen molar-refractivity contribution in [2.24, 2.45) is 0 Å². The number of hydrogen-bond donors (Lipinski definition) is 0. The number of rotatable bonds is 4. The van der Waals surface area contributed by atoms with Gasteiger partial charge in [0.15, 0.2) is 6.61 Å². The van der Waals surface area contributed by atoms with Gasteiger partial charge in [-0.25, -0.2) is 0 Å². The summed E-state index contributed by atoms with van der Waals surface area (Å²) in [7, 11) is 0. The van der Waals surface area contributed by atoms with Crippen LogP contribution in [0.5, 0.6) is 5.75 Å². The Morgan fingerprint density at radius 3 is 2.21 bits per heavy atom. The van der Waals surface area contributed by atoms with Crippen LogP contribution >= 0.6 is 0 Å². The van der Waals surface area contributed by atoms with Crippen LogP contribution in [0.4, 0.5) is 0 Å². The number of ether oxygens (including phenoxy) is 1. The van der Waals surface area contributed by atoms with E-state index in [1.54, 1.807) is 0 Å². The van der Waals surface area contributed by atoms with Crippen LogP contribution in [0.3, 0.4) is 0 Å². The highest BCUT2D eigenvalue weighted by molar-refractivity contribution is 5.53. The lowest BCUT2D eigenvalue weighted by Crippen LogP contribution is -2.10. The molecule has 3 aromatic rings. The molecule has 124 valence electrons. The third-order valence-corrected chi connectivity index (χ3v) is 3.85. The molecule has 0 unspecified atom stereocenters. The Kier molecular flexibility index (Phi) is 4.38. The fourth-order valence-electron chi connectivity index (χ4n) is 2.32. The van der Waals surface area contributed by atoms with E-state index in [1.165, 1.54) is 11.1 Å². The van der Waals surface area contributed by atoms with Gasteiger partial charge in [0.1, 0.15) is 5.75 Å². The second-order valence-corrected chi connectivity index (χ2v) is 6.93. The molecule has 0 amide bonds. The van der Waals surface area contributed by atoms with Crippen LogP contribution in [-0.4, -0.2) is 10.2 Å². The smallest absolute Gasteiger partial charge is 0.254 e. The van der Waals surface area contributed by atoms with Gasteiger partial charge in [-0.05, 0) is 42.2 Å². The highest BCUT2D eigenvalue weighted by Crippen LogP contribution is 2.25. The lowest BCUT2D eigenvalue weighted by molar-refractivity contribution is 0.264. The summed E-state index contributed by atoms with van der Waals surface area (Å²) in [6.07, 6.45) is 0. The summed E-state index contributed by atoms with van der Waals surface area (Å²) in [6.45, 7) is 8.87. The minimum absolute atomic E-state index is 0.125. The van der Waals surface area contributed by atoms with Crippen LogP contribution in [0, 0.1) is 6.92 Å². The molecule has 1 aromatic heterocycles. The van der Waals surface area contributed by atoms with Gasteiger partial charge in [-0.2, -0.15) is 0 Å². The summed E-state index contributed by atoms with van der Waals surface area (Å²) in [5, 5.41) is 8.16. The van der Waals surface area contributed by atoms with E-state index in [0.29, 0.717) is 11.8 Å². The maximum Gasteiger partial charge on any atom is 0.254 e. The fraction of sp³-hybridized carbons (Fsp3) is 0.300. The minimum atomic E-state index is 0.125. The number of aromatic nitrogens is 2. The lowest BCUT2D eigenvalue weighted by atomic mass is 9.87. The topological polar surface area (TPSA) is 48.2 Å². The number of benzene rings is 2. The lowest BCUT2D eigenvalue weighted by Gasteiger charge is -2.18. The van der Waals surface area contributed by atoms with E-state index in [9.17, 15) is 0 Å². The average Bonchev–Trinajstić information content (AvgIpc) is 3.03. The summed E-state index contributed by atoms with van der Waals surface area (Å²) >= 11 is 0. The number of hydrogen-bond acceptors (Lipinski definition) is 4. The minimum Gasteiger partial charge on any atom is -0.484 e. The predicted octanol–water partition coefficient (Wildman–Crippen LogP) is 4.92. The first-order valence-electron chi connectivity index (χ1n) is 8.04. The molecule has 0 saturated carbocycles. The molecule has 0 aliphatic heterocycles. The molecule has 4 nitrogen and oxygen atoms in total. The highest BCUT2D eigenvalue weighted by Gasteiger charge is 2.14. The van der Waals surface area contributed by atoms with Crippen LogP contribution in [-0.2, 0) is 12.0 Å². The van der Waals surface area contributed by atoms with E-state index in [4.69, 9.17) is 9.15 Å². The predicted molar refractivity (Wildman–Crippen MR) is 93.9 cm³/mol. The van der Waals surface area contributed by atoms with Crippen LogP contribution in [0.1, 0.15) is 37.8 Å². The van der Waals surface area contributed by atoms with Gasteiger partial charge >= 0.3 is 0 Å². The van der Waals surface area contributed by atoms with Crippen LogP contribution in [0.2, 0.25) is 0 Å². The Labute approximate surface area is 142 Å². The van der Waals surface area contributed by atoms with Crippen molar-refractivity contribution < 1.29 is 9.15 Å². The van der Waals surface area contributed by atoms with E-state index in [2.05, 4.69) is 43.1 Å². The molecule has 0 aliphatic carbocycles. The van der Waals surface area contributed by atoms with Crippen molar-refractivity contribution in [2.75, 3.05) is 0 Å². The van der Waals surface area contributed by atoms with Crippen LogP contribution < -0.4 is 4.74 Å². The van der Waals surface area contributed by atoms with E-state index < -0.39 is 0 Å². The third-order valence-electron chi connectivity index (χ3n) is 3.85. The zero-order valence-corrected chi connectivity index (χ0v) is 14.5. The van der Waals surface area contributed by atoms with Gasteiger partial charge in [-0.15, -0.1) is 10.2 Å². The third kappa shape index (κ3) is 3.82. The van der Waals surface area contributed by atoms with Gasteiger partial charge in [-0.3, -0.25) is 0 Å². The molecule has 1 heterocycles. The molecule has 0 aliphatic rings. The van der Waals surface area contributed by atoms with Crippen molar-refractivity contribution >= 4 is 0 Å². The quantitative estimate of drug-likeness (QED) is 0.684. The number of aryl methyl sites for hydroxylation is 1. The van der Waals surface area contributed by atoms with Crippen molar-refractivity contribution in [1.82, 2.24) is 10.2 Å². The average molecular weight is 322 g/mol. The van der Waals surface area contributed by atoms with Gasteiger partial charge in [0.25, 0.3) is 5.89 Å². The standard InChI is InChI=1S/C20H22N2O2/c1-14-5-11-17(12-6-14)23-13-18-21-22-19(24-18)15-7-9-16(10-8-15)20(2,3)4/h5-12H,13H2,1-4H3. The molecule has 0 atom stereocenters. The zero-order valence-electron chi connectivity index (χ0n) is 14.5. The molecule has 3 rings (SSSR count). The van der Waals surface area contributed by atoms with Crippen molar-refractivity contribution in [3.8, 4) is 17.2 Å². The maximum absolute atomic E-state index is 5.69. The Morgan fingerprint density at radius 2 is 1.58 bits per heavy atom. The summed E-state index contributed by atoms with van der Waals surface area (Å²) in [5.41, 5.74) is 3.51. The van der Waals surface area contributed by atoms with Gasteiger partial charge in [0, 0.05) is 5.56 Å². The second-order valence-electron chi connectivity index (χ2n) is 6.93.